The Kier molecular flexibility index (Phi) is 3.80. The minimum absolute atomic E-state index is 0.0704. The summed E-state index contributed by atoms with van der Waals surface area (Å²) >= 11 is 0. The molecule has 1 aliphatic heterocycles. The van der Waals surface area contributed by atoms with Gasteiger partial charge in [-0.3, -0.25) is 4.79 Å². The van der Waals surface area contributed by atoms with Crippen molar-refractivity contribution in [3.63, 3.8) is 0 Å². The van der Waals surface area contributed by atoms with Gasteiger partial charge in [0.1, 0.15) is 0 Å². The van der Waals surface area contributed by atoms with Crippen molar-refractivity contribution in [1.29, 1.82) is 0 Å². The van der Waals surface area contributed by atoms with Gasteiger partial charge in [-0.15, -0.1) is 0 Å². The van der Waals surface area contributed by atoms with E-state index >= 15 is 0 Å². The van der Waals surface area contributed by atoms with Crippen LogP contribution < -0.4 is 5.32 Å². The quantitative estimate of drug-likeness (QED) is 0.792. The molecule has 0 saturated carbocycles. The Morgan fingerprint density at radius 2 is 1.74 bits per heavy atom. The highest BCUT2D eigenvalue weighted by Crippen LogP contribution is 2.18. The lowest BCUT2D eigenvalue weighted by atomic mass is 10.1. The maximum Gasteiger partial charge on any atom is 0.257 e. The van der Waals surface area contributed by atoms with E-state index in [1.165, 1.54) is 4.90 Å². The first-order chi connectivity index (χ1) is 8.90. The molecule has 1 N–H and O–H groups in total. The van der Waals surface area contributed by atoms with Crippen LogP contribution in [0.1, 0.15) is 24.2 Å². The summed E-state index contributed by atoms with van der Waals surface area (Å²) in [6, 6.07) is 1.89. The molecule has 1 amide bonds. The number of carbonyl (C=O) groups excluding carboxylic acids is 1. The molecule has 2 atom stereocenters. The Morgan fingerprint density at radius 1 is 1.16 bits per heavy atom. The molecule has 0 spiro atoms. The van der Waals surface area contributed by atoms with Crippen LogP contribution in [0.4, 0.5) is 13.2 Å². The largest absolute Gasteiger partial charge is 0.335 e. The van der Waals surface area contributed by atoms with E-state index in [4.69, 9.17) is 0 Å². The SMILES string of the molecule is C[C@H]1CN(C(=O)c2ccc(F)c(F)c2F)C[C@H](C)N1. The first kappa shape index (κ1) is 13.9. The van der Waals surface area contributed by atoms with Crippen molar-refractivity contribution in [1.82, 2.24) is 10.2 Å². The van der Waals surface area contributed by atoms with Crippen LogP contribution in [0.3, 0.4) is 0 Å². The van der Waals surface area contributed by atoms with Crippen LogP contribution in [0.15, 0.2) is 12.1 Å². The highest BCUT2D eigenvalue weighted by molar-refractivity contribution is 5.94. The summed E-state index contributed by atoms with van der Waals surface area (Å²) < 4.78 is 39.6. The van der Waals surface area contributed by atoms with Crippen LogP contribution in [0.5, 0.6) is 0 Å². The number of amides is 1. The van der Waals surface area contributed by atoms with E-state index in [9.17, 15) is 18.0 Å². The average molecular weight is 272 g/mol. The topological polar surface area (TPSA) is 32.3 Å². The molecule has 2 rings (SSSR count). The predicted molar refractivity (Wildman–Crippen MR) is 64.3 cm³/mol. The van der Waals surface area contributed by atoms with Crippen molar-refractivity contribution in [2.75, 3.05) is 13.1 Å². The number of piperazine rings is 1. The monoisotopic (exact) mass is 272 g/mol. The fourth-order valence-corrected chi connectivity index (χ4v) is 2.35. The van der Waals surface area contributed by atoms with Gasteiger partial charge < -0.3 is 10.2 Å². The van der Waals surface area contributed by atoms with Gasteiger partial charge in [0.25, 0.3) is 5.91 Å². The zero-order valence-corrected chi connectivity index (χ0v) is 10.7. The third-order valence-corrected chi connectivity index (χ3v) is 3.11. The van der Waals surface area contributed by atoms with Gasteiger partial charge in [0.15, 0.2) is 17.5 Å². The second kappa shape index (κ2) is 5.21. The highest BCUT2D eigenvalue weighted by Gasteiger charge is 2.28. The highest BCUT2D eigenvalue weighted by atomic mass is 19.2. The van der Waals surface area contributed by atoms with Gasteiger partial charge in [-0.05, 0) is 26.0 Å². The van der Waals surface area contributed by atoms with Gasteiger partial charge in [-0.25, -0.2) is 13.2 Å². The molecule has 1 aromatic rings. The molecule has 1 aliphatic rings. The van der Waals surface area contributed by atoms with Crippen LogP contribution in [-0.4, -0.2) is 36.0 Å². The minimum Gasteiger partial charge on any atom is -0.335 e. The minimum atomic E-state index is -1.61. The van der Waals surface area contributed by atoms with Crippen molar-refractivity contribution in [2.24, 2.45) is 0 Å². The second-order valence-corrected chi connectivity index (χ2v) is 4.90. The van der Waals surface area contributed by atoms with Crippen molar-refractivity contribution in [3.8, 4) is 0 Å². The summed E-state index contributed by atoms with van der Waals surface area (Å²) in [6.45, 7) is 4.61. The lowest BCUT2D eigenvalue weighted by Gasteiger charge is -2.36. The molecule has 1 fully saturated rings. The van der Waals surface area contributed by atoms with E-state index in [1.807, 2.05) is 13.8 Å². The molecule has 0 radical (unpaired) electrons. The molecule has 19 heavy (non-hydrogen) atoms. The van der Waals surface area contributed by atoms with Crippen LogP contribution in [0.2, 0.25) is 0 Å². The van der Waals surface area contributed by atoms with Crippen LogP contribution in [-0.2, 0) is 0 Å². The van der Waals surface area contributed by atoms with Gasteiger partial charge >= 0.3 is 0 Å². The summed E-state index contributed by atoms with van der Waals surface area (Å²) in [5.41, 5.74) is -0.430. The molecule has 0 aromatic heterocycles. The number of hydrogen-bond acceptors (Lipinski definition) is 2. The van der Waals surface area contributed by atoms with Gasteiger partial charge in [0.05, 0.1) is 5.56 Å². The molecule has 0 unspecified atom stereocenters. The van der Waals surface area contributed by atoms with Gasteiger partial charge in [-0.1, -0.05) is 0 Å². The van der Waals surface area contributed by atoms with E-state index in [-0.39, 0.29) is 12.1 Å². The van der Waals surface area contributed by atoms with Crippen molar-refractivity contribution in [3.05, 3.63) is 35.1 Å². The zero-order valence-electron chi connectivity index (χ0n) is 10.7. The fourth-order valence-electron chi connectivity index (χ4n) is 2.35. The van der Waals surface area contributed by atoms with Gasteiger partial charge in [0, 0.05) is 25.2 Å². The maximum atomic E-state index is 13.6. The molecule has 104 valence electrons. The predicted octanol–water partition coefficient (Wildman–Crippen LogP) is 1.93. The van der Waals surface area contributed by atoms with Gasteiger partial charge in [-0.2, -0.15) is 0 Å². The van der Waals surface area contributed by atoms with E-state index < -0.39 is 28.9 Å². The van der Waals surface area contributed by atoms with Crippen LogP contribution in [0, 0.1) is 17.5 Å². The van der Waals surface area contributed by atoms with Crippen molar-refractivity contribution < 1.29 is 18.0 Å². The fraction of sp³-hybridized carbons (Fsp3) is 0.462. The Bertz CT molecular complexity index is 497. The van der Waals surface area contributed by atoms with E-state index in [0.29, 0.717) is 13.1 Å². The normalized spacial score (nSPS) is 23.5. The summed E-state index contributed by atoms with van der Waals surface area (Å²) in [5.74, 6) is -4.95. The summed E-state index contributed by atoms with van der Waals surface area (Å²) in [7, 11) is 0. The Hall–Kier alpha value is -1.56. The van der Waals surface area contributed by atoms with E-state index in [0.717, 1.165) is 12.1 Å². The van der Waals surface area contributed by atoms with Crippen LogP contribution in [0.25, 0.3) is 0 Å². The lowest BCUT2D eigenvalue weighted by Crippen LogP contribution is -2.56. The zero-order chi connectivity index (χ0) is 14.2. The molecular formula is C13H15F3N2O. The summed E-state index contributed by atoms with van der Waals surface area (Å²) in [6.07, 6.45) is 0. The molecule has 0 aliphatic carbocycles. The third-order valence-electron chi connectivity index (χ3n) is 3.11. The number of rotatable bonds is 1. The van der Waals surface area contributed by atoms with Crippen molar-refractivity contribution >= 4 is 5.91 Å². The molecule has 0 bridgehead atoms. The Labute approximate surface area is 109 Å². The number of carbonyl (C=O) groups is 1. The Balaban J connectivity index is 2.27. The third kappa shape index (κ3) is 2.73. The number of hydrogen-bond donors (Lipinski definition) is 1. The molecule has 1 heterocycles. The van der Waals surface area contributed by atoms with Crippen LogP contribution >= 0.6 is 0 Å². The summed E-state index contributed by atoms with van der Waals surface area (Å²) in [4.78, 5) is 13.6. The number of halogens is 3. The smallest absolute Gasteiger partial charge is 0.257 e. The first-order valence-electron chi connectivity index (χ1n) is 6.09. The molecule has 3 nitrogen and oxygen atoms in total. The molecule has 1 saturated heterocycles. The Morgan fingerprint density at radius 3 is 2.32 bits per heavy atom. The lowest BCUT2D eigenvalue weighted by molar-refractivity contribution is 0.0667. The van der Waals surface area contributed by atoms with Gasteiger partial charge in [0.2, 0.25) is 0 Å². The van der Waals surface area contributed by atoms with Crippen molar-refractivity contribution in [2.45, 2.75) is 25.9 Å². The maximum absolute atomic E-state index is 13.6. The summed E-state index contributed by atoms with van der Waals surface area (Å²) in [5, 5.41) is 3.23. The molecular weight excluding hydrogens is 257 g/mol. The van der Waals surface area contributed by atoms with E-state index in [2.05, 4.69) is 5.32 Å². The molecule has 1 aromatic carbocycles. The number of nitrogens with one attached hydrogen (secondary N) is 1. The first-order valence-corrected chi connectivity index (χ1v) is 6.09. The number of nitrogens with zero attached hydrogens (tertiary/aromatic N) is 1. The second-order valence-electron chi connectivity index (χ2n) is 4.90. The standard InChI is InChI=1S/C13H15F3N2O/c1-7-5-18(6-8(2)17-7)13(19)9-3-4-10(14)12(16)11(9)15/h3-4,7-8,17H,5-6H2,1-2H3/t7-,8-/m0/s1. The average Bonchev–Trinajstić information content (AvgIpc) is 2.34. The van der Waals surface area contributed by atoms with E-state index in [1.54, 1.807) is 0 Å². The molecule has 6 heteroatoms. The number of benzene rings is 1.